The molecule has 8 heteroatoms. The van der Waals surface area contributed by atoms with E-state index in [0.717, 1.165) is 36.5 Å². The predicted octanol–water partition coefficient (Wildman–Crippen LogP) is 3.12. The number of hydrogen-bond acceptors (Lipinski definition) is 5. The van der Waals surface area contributed by atoms with Gasteiger partial charge in [0.2, 0.25) is 0 Å². The van der Waals surface area contributed by atoms with Gasteiger partial charge in [-0.1, -0.05) is 6.07 Å². The molecule has 3 rings (SSSR count). The number of furan rings is 1. The second kappa shape index (κ2) is 11.0. The molecular formula is C19H28IN3O3S. The highest BCUT2D eigenvalue weighted by atomic mass is 127. The van der Waals surface area contributed by atoms with Gasteiger partial charge in [0.15, 0.2) is 5.96 Å². The van der Waals surface area contributed by atoms with E-state index in [0.29, 0.717) is 19.0 Å². The van der Waals surface area contributed by atoms with Crippen molar-refractivity contribution in [2.45, 2.75) is 37.9 Å². The van der Waals surface area contributed by atoms with Crippen molar-refractivity contribution < 1.29 is 14.3 Å². The average molecular weight is 505 g/mol. The Kier molecular flexibility index (Phi) is 9.07. The summed E-state index contributed by atoms with van der Waals surface area (Å²) in [6.07, 6.45) is 4.86. The normalized spacial score (nSPS) is 19.3. The number of ether oxygens (including phenoxy) is 1. The van der Waals surface area contributed by atoms with Crippen LogP contribution in [0.25, 0.3) is 0 Å². The van der Waals surface area contributed by atoms with E-state index < -0.39 is 5.60 Å². The maximum absolute atomic E-state index is 10.7. The molecule has 2 unspecified atom stereocenters. The van der Waals surface area contributed by atoms with Gasteiger partial charge in [0.05, 0.1) is 18.9 Å². The number of guanidine groups is 1. The number of rotatable bonds is 8. The molecule has 0 saturated carbocycles. The quantitative estimate of drug-likeness (QED) is 0.292. The summed E-state index contributed by atoms with van der Waals surface area (Å²) in [5, 5.41) is 19.3. The zero-order chi connectivity index (χ0) is 18.2. The molecule has 1 fully saturated rings. The minimum atomic E-state index is -0.979. The zero-order valence-corrected chi connectivity index (χ0v) is 18.7. The van der Waals surface area contributed by atoms with Crippen molar-refractivity contribution in [3.63, 3.8) is 0 Å². The fourth-order valence-corrected chi connectivity index (χ4v) is 3.62. The number of thiophene rings is 1. The van der Waals surface area contributed by atoms with Crippen LogP contribution < -0.4 is 10.6 Å². The highest BCUT2D eigenvalue weighted by Crippen LogP contribution is 2.25. The van der Waals surface area contributed by atoms with Crippen LogP contribution in [0.4, 0.5) is 0 Å². The first-order valence-electron chi connectivity index (χ1n) is 9.06. The third-order valence-electron chi connectivity index (χ3n) is 4.36. The number of halogens is 1. The van der Waals surface area contributed by atoms with E-state index in [1.54, 1.807) is 13.2 Å². The van der Waals surface area contributed by atoms with Crippen LogP contribution in [0, 0.1) is 0 Å². The Hall–Kier alpha value is -1.10. The lowest BCUT2D eigenvalue weighted by Crippen LogP contribution is -2.42. The first-order chi connectivity index (χ1) is 12.6. The van der Waals surface area contributed by atoms with Crippen LogP contribution in [0.5, 0.6) is 0 Å². The monoisotopic (exact) mass is 505 g/mol. The first kappa shape index (κ1) is 22.2. The number of nitrogens with zero attached hydrogens (tertiary/aromatic N) is 1. The minimum Gasteiger partial charge on any atom is -0.469 e. The largest absolute Gasteiger partial charge is 0.469 e. The molecule has 0 spiro atoms. The molecule has 27 heavy (non-hydrogen) atoms. The lowest BCUT2D eigenvalue weighted by Gasteiger charge is -2.21. The van der Waals surface area contributed by atoms with Gasteiger partial charge in [-0.2, -0.15) is 0 Å². The van der Waals surface area contributed by atoms with Gasteiger partial charge in [-0.3, -0.25) is 0 Å². The minimum absolute atomic E-state index is 0. The highest BCUT2D eigenvalue weighted by Gasteiger charge is 2.24. The summed E-state index contributed by atoms with van der Waals surface area (Å²) >= 11 is 1.54. The van der Waals surface area contributed by atoms with E-state index >= 15 is 0 Å². The summed E-state index contributed by atoms with van der Waals surface area (Å²) < 4.78 is 11.0. The van der Waals surface area contributed by atoms with E-state index in [-0.39, 0.29) is 36.6 Å². The zero-order valence-electron chi connectivity index (χ0n) is 15.5. The molecule has 1 aliphatic rings. The molecule has 3 N–H and O–H groups in total. The summed E-state index contributed by atoms with van der Waals surface area (Å²) in [5.74, 6) is 1.62. The van der Waals surface area contributed by atoms with Gasteiger partial charge in [0.1, 0.15) is 11.4 Å². The number of hydrogen-bond donors (Lipinski definition) is 3. The molecule has 0 bridgehead atoms. The van der Waals surface area contributed by atoms with Crippen LogP contribution in [-0.2, 0) is 16.8 Å². The molecule has 2 aromatic heterocycles. The number of nitrogens with one attached hydrogen (secondary N) is 2. The lowest BCUT2D eigenvalue weighted by atomic mass is 10.1. The molecule has 0 amide bonds. The van der Waals surface area contributed by atoms with Gasteiger partial charge in [-0.05, 0) is 43.3 Å². The van der Waals surface area contributed by atoms with Gasteiger partial charge < -0.3 is 24.9 Å². The molecule has 2 atom stereocenters. The van der Waals surface area contributed by atoms with Gasteiger partial charge in [-0.25, -0.2) is 4.99 Å². The molecule has 0 aliphatic carbocycles. The predicted molar refractivity (Wildman–Crippen MR) is 119 cm³/mol. The fourth-order valence-electron chi connectivity index (χ4n) is 2.85. The molecule has 1 aliphatic heterocycles. The van der Waals surface area contributed by atoms with E-state index in [2.05, 4.69) is 15.6 Å². The van der Waals surface area contributed by atoms with E-state index in [1.165, 1.54) is 11.3 Å². The second-order valence-corrected chi connectivity index (χ2v) is 7.64. The van der Waals surface area contributed by atoms with Crippen molar-refractivity contribution in [3.8, 4) is 0 Å². The fraction of sp³-hybridized carbons (Fsp3) is 0.526. The molecule has 0 radical (unpaired) electrons. The van der Waals surface area contributed by atoms with Crippen molar-refractivity contribution in [2.75, 3.05) is 26.2 Å². The molecule has 150 valence electrons. The van der Waals surface area contributed by atoms with Crippen molar-refractivity contribution in [2.24, 2.45) is 4.99 Å². The molecule has 6 nitrogen and oxygen atoms in total. The van der Waals surface area contributed by atoms with Crippen molar-refractivity contribution >= 4 is 41.3 Å². The Bertz CT molecular complexity index is 668. The van der Waals surface area contributed by atoms with Gasteiger partial charge in [0, 0.05) is 31.0 Å². The van der Waals surface area contributed by atoms with Crippen LogP contribution in [0.3, 0.4) is 0 Å². The molecule has 0 aromatic carbocycles. The third-order valence-corrected chi connectivity index (χ3v) is 5.49. The van der Waals surface area contributed by atoms with Crippen LogP contribution >= 0.6 is 35.3 Å². The maximum Gasteiger partial charge on any atom is 0.191 e. The van der Waals surface area contributed by atoms with Crippen molar-refractivity contribution in [3.05, 3.63) is 46.5 Å². The van der Waals surface area contributed by atoms with Crippen LogP contribution in [0.15, 0.2) is 45.3 Å². The van der Waals surface area contributed by atoms with Crippen molar-refractivity contribution in [1.82, 2.24) is 10.6 Å². The molecular weight excluding hydrogens is 477 g/mol. The topological polar surface area (TPSA) is 79.0 Å². The number of aliphatic imine (C=N–C) groups is 1. The summed E-state index contributed by atoms with van der Waals surface area (Å²) in [6.45, 7) is 4.33. The Morgan fingerprint density at radius 2 is 2.26 bits per heavy atom. The molecule has 3 heterocycles. The smallest absolute Gasteiger partial charge is 0.191 e. The summed E-state index contributed by atoms with van der Waals surface area (Å²) in [7, 11) is 0. The lowest BCUT2D eigenvalue weighted by molar-refractivity contribution is 0.0710. The van der Waals surface area contributed by atoms with Crippen LogP contribution in [-0.4, -0.2) is 43.4 Å². The summed E-state index contributed by atoms with van der Waals surface area (Å²) in [6, 6.07) is 7.72. The van der Waals surface area contributed by atoms with Gasteiger partial charge >= 0.3 is 0 Å². The average Bonchev–Trinajstić information content (AvgIpc) is 3.40. The van der Waals surface area contributed by atoms with E-state index in [1.807, 2.05) is 29.6 Å². The Labute approximate surface area is 181 Å². The Morgan fingerprint density at radius 3 is 2.93 bits per heavy atom. The van der Waals surface area contributed by atoms with Crippen molar-refractivity contribution in [1.29, 1.82) is 0 Å². The van der Waals surface area contributed by atoms with Gasteiger partial charge in [-0.15, -0.1) is 35.3 Å². The first-order valence-corrected chi connectivity index (χ1v) is 9.94. The second-order valence-electron chi connectivity index (χ2n) is 6.69. The van der Waals surface area contributed by atoms with Crippen LogP contribution in [0.2, 0.25) is 0 Å². The third kappa shape index (κ3) is 7.10. The molecule has 2 aromatic rings. The SMILES string of the molecule is CC(O)(CN=C(NCCc1ccco1)NCC1CCCO1)c1cccs1.I. The summed E-state index contributed by atoms with van der Waals surface area (Å²) in [5.41, 5.74) is -0.979. The molecule has 1 saturated heterocycles. The summed E-state index contributed by atoms with van der Waals surface area (Å²) in [4.78, 5) is 5.51. The van der Waals surface area contributed by atoms with E-state index in [9.17, 15) is 5.11 Å². The maximum atomic E-state index is 10.7. The van der Waals surface area contributed by atoms with Crippen LogP contribution in [0.1, 0.15) is 30.4 Å². The number of aliphatic hydroxyl groups is 1. The Morgan fingerprint density at radius 1 is 1.37 bits per heavy atom. The van der Waals surface area contributed by atoms with Gasteiger partial charge in [0.25, 0.3) is 0 Å². The highest BCUT2D eigenvalue weighted by molar-refractivity contribution is 14.0. The Balaban J connectivity index is 0.00000261. The standard InChI is InChI=1S/C19H27N3O3S.HI/c1-19(23,17-7-4-12-26-17)14-22-18(21-13-16-6-3-11-25-16)20-9-8-15-5-2-10-24-15;/h2,4-5,7,10,12,16,23H,3,6,8-9,11,13-14H2,1H3,(H2,20,21,22);1H. The van der Waals surface area contributed by atoms with E-state index in [4.69, 9.17) is 9.15 Å².